The highest BCUT2D eigenvalue weighted by molar-refractivity contribution is 5.83. The summed E-state index contributed by atoms with van der Waals surface area (Å²) in [5.41, 5.74) is -0.214. The van der Waals surface area contributed by atoms with E-state index in [-0.39, 0.29) is 17.3 Å². The molecule has 0 bridgehead atoms. The van der Waals surface area contributed by atoms with E-state index >= 15 is 0 Å². The van der Waals surface area contributed by atoms with Gasteiger partial charge in [0.05, 0.1) is 0 Å². The predicted molar refractivity (Wildman–Crippen MR) is 75.1 cm³/mol. The van der Waals surface area contributed by atoms with Gasteiger partial charge in [-0.05, 0) is 19.8 Å². The van der Waals surface area contributed by atoms with Crippen molar-refractivity contribution in [2.24, 2.45) is 5.92 Å². The molecule has 0 spiro atoms. The topological polar surface area (TPSA) is 76.0 Å². The summed E-state index contributed by atoms with van der Waals surface area (Å²) in [5.74, 6) is 0.460. The molecule has 0 aliphatic heterocycles. The van der Waals surface area contributed by atoms with Gasteiger partial charge in [0.1, 0.15) is 6.04 Å². The van der Waals surface area contributed by atoms with Crippen LogP contribution in [0, 0.1) is 5.92 Å². The fraction of sp³-hybridized carbons (Fsp3) is 0.615. The fourth-order valence-corrected chi connectivity index (χ4v) is 1.52. The largest absolute Gasteiger partial charge is 0.354 e. The van der Waals surface area contributed by atoms with E-state index in [0.29, 0.717) is 19.0 Å². The lowest BCUT2D eigenvalue weighted by Crippen LogP contribution is -2.40. The van der Waals surface area contributed by atoms with Crippen molar-refractivity contribution in [1.29, 1.82) is 0 Å². The first kappa shape index (κ1) is 15.2. The molecule has 106 valence electrons. The summed E-state index contributed by atoms with van der Waals surface area (Å²) in [6.07, 6.45) is 3.17. The minimum Gasteiger partial charge on any atom is -0.354 e. The Morgan fingerprint density at radius 2 is 2.11 bits per heavy atom. The number of carbonyl (C=O) groups is 1. The lowest BCUT2D eigenvalue weighted by molar-refractivity contribution is -0.121. The zero-order chi connectivity index (χ0) is 14.4. The number of anilines is 1. The van der Waals surface area contributed by atoms with Crippen molar-refractivity contribution in [2.75, 3.05) is 11.9 Å². The zero-order valence-corrected chi connectivity index (χ0v) is 11.9. The summed E-state index contributed by atoms with van der Waals surface area (Å²) < 4.78 is 1.54. The predicted octanol–water partition coefficient (Wildman–Crippen LogP) is 0.836. The molecule has 1 unspecified atom stereocenters. The third-order valence-corrected chi connectivity index (χ3v) is 2.69. The van der Waals surface area contributed by atoms with Crippen LogP contribution in [0.2, 0.25) is 0 Å². The van der Waals surface area contributed by atoms with Gasteiger partial charge in [-0.1, -0.05) is 13.8 Å². The summed E-state index contributed by atoms with van der Waals surface area (Å²) in [5, 5.41) is 5.66. The second kappa shape index (κ2) is 6.92. The molecule has 0 aliphatic carbocycles. The Kier molecular flexibility index (Phi) is 5.54. The molecule has 1 heterocycles. The van der Waals surface area contributed by atoms with Crippen molar-refractivity contribution < 1.29 is 4.79 Å². The van der Waals surface area contributed by atoms with Crippen LogP contribution < -0.4 is 16.2 Å². The summed E-state index contributed by atoms with van der Waals surface area (Å²) in [4.78, 5) is 27.7. The van der Waals surface area contributed by atoms with Crippen LogP contribution in [0.3, 0.4) is 0 Å². The van der Waals surface area contributed by atoms with Crippen molar-refractivity contribution in [1.82, 2.24) is 14.9 Å². The first-order chi connectivity index (χ1) is 8.95. The molecule has 1 rings (SSSR count). The van der Waals surface area contributed by atoms with Gasteiger partial charge in [-0.3, -0.25) is 9.59 Å². The minimum atomic E-state index is -0.494. The minimum absolute atomic E-state index is 0.137. The van der Waals surface area contributed by atoms with Crippen molar-refractivity contribution in [3.8, 4) is 0 Å². The fourth-order valence-electron chi connectivity index (χ4n) is 1.52. The lowest BCUT2D eigenvalue weighted by atomic mass is 10.2. The van der Waals surface area contributed by atoms with E-state index in [1.807, 2.05) is 20.8 Å². The lowest BCUT2D eigenvalue weighted by Gasteiger charge is -2.15. The number of aromatic nitrogens is 2. The van der Waals surface area contributed by atoms with E-state index in [4.69, 9.17) is 0 Å². The molecule has 2 N–H and O–H groups in total. The number of carbonyl (C=O) groups excluding carboxylic acids is 1. The third-order valence-electron chi connectivity index (χ3n) is 2.69. The van der Waals surface area contributed by atoms with Gasteiger partial charge in [-0.15, -0.1) is 0 Å². The van der Waals surface area contributed by atoms with Crippen LogP contribution in [-0.4, -0.2) is 28.0 Å². The van der Waals surface area contributed by atoms with Crippen molar-refractivity contribution >= 4 is 11.7 Å². The second-order valence-electron chi connectivity index (χ2n) is 4.87. The Labute approximate surface area is 113 Å². The molecule has 0 aromatic carbocycles. The Bertz CT molecular complexity index is 482. The molecule has 1 aromatic rings. The van der Waals surface area contributed by atoms with Gasteiger partial charge < -0.3 is 15.2 Å². The van der Waals surface area contributed by atoms with Gasteiger partial charge in [-0.2, -0.15) is 0 Å². The average Bonchev–Trinajstić information content (AvgIpc) is 2.38. The van der Waals surface area contributed by atoms with Crippen LogP contribution in [0.25, 0.3) is 0 Å². The van der Waals surface area contributed by atoms with Crippen LogP contribution in [-0.2, 0) is 11.3 Å². The standard InChI is InChI=1S/C13H22N4O2/c1-5-17-7-6-14-11(13(17)19)16-10(4)12(18)15-8-9(2)3/h6-7,9-10H,5,8H2,1-4H3,(H,14,16)(H,15,18). The van der Waals surface area contributed by atoms with Gasteiger partial charge in [0, 0.05) is 25.5 Å². The van der Waals surface area contributed by atoms with E-state index in [9.17, 15) is 9.59 Å². The van der Waals surface area contributed by atoms with E-state index in [1.54, 1.807) is 19.3 Å². The SMILES string of the molecule is CCn1ccnc(NC(C)C(=O)NCC(C)C)c1=O. The Morgan fingerprint density at radius 1 is 1.42 bits per heavy atom. The van der Waals surface area contributed by atoms with Crippen molar-refractivity contribution in [2.45, 2.75) is 40.3 Å². The summed E-state index contributed by atoms with van der Waals surface area (Å²) >= 11 is 0. The third kappa shape index (κ3) is 4.39. The van der Waals surface area contributed by atoms with E-state index in [1.165, 1.54) is 4.57 Å². The molecule has 0 aliphatic rings. The molecule has 1 atom stereocenters. The molecule has 0 fully saturated rings. The van der Waals surface area contributed by atoms with Gasteiger partial charge in [0.2, 0.25) is 5.91 Å². The van der Waals surface area contributed by atoms with Crippen molar-refractivity contribution in [3.63, 3.8) is 0 Å². The van der Waals surface area contributed by atoms with Gasteiger partial charge in [0.25, 0.3) is 5.56 Å². The number of nitrogens with one attached hydrogen (secondary N) is 2. The van der Waals surface area contributed by atoms with Gasteiger partial charge in [-0.25, -0.2) is 4.98 Å². The molecule has 6 nitrogen and oxygen atoms in total. The van der Waals surface area contributed by atoms with Gasteiger partial charge in [0.15, 0.2) is 5.82 Å². The van der Waals surface area contributed by atoms with Crippen molar-refractivity contribution in [3.05, 3.63) is 22.7 Å². The monoisotopic (exact) mass is 266 g/mol. The first-order valence-electron chi connectivity index (χ1n) is 6.55. The normalized spacial score (nSPS) is 12.3. The smallest absolute Gasteiger partial charge is 0.293 e. The Balaban J connectivity index is 2.69. The molecule has 0 radical (unpaired) electrons. The maximum atomic E-state index is 11.9. The Hall–Kier alpha value is -1.85. The average molecular weight is 266 g/mol. The summed E-state index contributed by atoms with van der Waals surface area (Å²) in [7, 11) is 0. The molecular weight excluding hydrogens is 244 g/mol. The van der Waals surface area contributed by atoms with Crippen LogP contribution in [0.5, 0.6) is 0 Å². The highest BCUT2D eigenvalue weighted by Gasteiger charge is 2.15. The van der Waals surface area contributed by atoms with E-state index in [2.05, 4.69) is 15.6 Å². The van der Waals surface area contributed by atoms with Crippen LogP contribution in [0.1, 0.15) is 27.7 Å². The molecule has 19 heavy (non-hydrogen) atoms. The zero-order valence-electron chi connectivity index (χ0n) is 11.9. The van der Waals surface area contributed by atoms with Crippen LogP contribution in [0.15, 0.2) is 17.2 Å². The molecule has 1 aromatic heterocycles. The molecular formula is C13H22N4O2. The number of nitrogens with zero attached hydrogens (tertiary/aromatic N) is 2. The second-order valence-corrected chi connectivity index (χ2v) is 4.87. The number of hydrogen-bond acceptors (Lipinski definition) is 4. The van der Waals surface area contributed by atoms with Crippen LogP contribution in [0.4, 0.5) is 5.82 Å². The quantitative estimate of drug-likeness (QED) is 0.800. The number of hydrogen-bond donors (Lipinski definition) is 2. The molecule has 6 heteroatoms. The maximum Gasteiger partial charge on any atom is 0.293 e. The molecule has 1 amide bonds. The number of amides is 1. The highest BCUT2D eigenvalue weighted by Crippen LogP contribution is 1.98. The summed E-state index contributed by atoms with van der Waals surface area (Å²) in [6.45, 7) is 8.83. The number of rotatable bonds is 6. The van der Waals surface area contributed by atoms with Crippen LogP contribution >= 0.6 is 0 Å². The number of aryl methyl sites for hydroxylation is 1. The van der Waals surface area contributed by atoms with Gasteiger partial charge >= 0.3 is 0 Å². The molecule has 0 saturated carbocycles. The summed E-state index contributed by atoms with van der Waals surface area (Å²) in [6, 6.07) is -0.494. The maximum absolute atomic E-state index is 11.9. The van der Waals surface area contributed by atoms with E-state index in [0.717, 1.165) is 0 Å². The molecule has 0 saturated heterocycles. The first-order valence-corrected chi connectivity index (χ1v) is 6.55. The highest BCUT2D eigenvalue weighted by atomic mass is 16.2. The Morgan fingerprint density at radius 3 is 2.68 bits per heavy atom. The van der Waals surface area contributed by atoms with E-state index < -0.39 is 6.04 Å².